The summed E-state index contributed by atoms with van der Waals surface area (Å²) in [5.74, 6) is 4.06. The van der Waals surface area contributed by atoms with E-state index in [-0.39, 0.29) is 4.08 Å². The van der Waals surface area contributed by atoms with Crippen molar-refractivity contribution in [2.75, 3.05) is 45.9 Å². The Balaban J connectivity index is 1.52. The van der Waals surface area contributed by atoms with Crippen LogP contribution in [0.1, 0.15) is 30.4 Å². The van der Waals surface area contributed by atoms with Gasteiger partial charge in [-0.05, 0) is 86.2 Å². The van der Waals surface area contributed by atoms with Crippen LogP contribution >= 0.6 is 35.1 Å². The molecule has 1 saturated heterocycles. The number of rotatable bonds is 10. The van der Waals surface area contributed by atoms with Crippen LogP contribution in [0, 0.1) is 0 Å². The summed E-state index contributed by atoms with van der Waals surface area (Å²) >= 11 is 10.4. The third kappa shape index (κ3) is 6.25. The molecule has 1 heterocycles. The Hall–Kier alpha value is -1.01. The van der Waals surface area contributed by atoms with Gasteiger partial charge in [-0.2, -0.15) is 0 Å². The fourth-order valence-corrected chi connectivity index (χ4v) is 7.35. The van der Waals surface area contributed by atoms with Crippen molar-refractivity contribution < 1.29 is 9.47 Å². The highest BCUT2D eigenvalue weighted by atomic mass is 35.5. The van der Waals surface area contributed by atoms with Crippen LogP contribution in [-0.2, 0) is 10.5 Å². The summed E-state index contributed by atoms with van der Waals surface area (Å²) in [4.78, 5) is 2.43. The predicted molar refractivity (Wildman–Crippen MR) is 133 cm³/mol. The van der Waals surface area contributed by atoms with Gasteiger partial charge >= 0.3 is 0 Å². The molecule has 30 heavy (non-hydrogen) atoms. The Morgan fingerprint density at radius 3 is 2.33 bits per heavy atom. The van der Waals surface area contributed by atoms with Gasteiger partial charge in [-0.3, -0.25) is 0 Å². The SMILES string of the molecule is COc1ccc(CCN(C)CCCC2(c3ccc(Cl)cc3)SCCCS2)cc1OC. The second kappa shape index (κ2) is 11.6. The summed E-state index contributed by atoms with van der Waals surface area (Å²) in [5.41, 5.74) is 2.69. The van der Waals surface area contributed by atoms with Gasteiger partial charge in [0.15, 0.2) is 11.5 Å². The molecule has 1 aliphatic rings. The van der Waals surface area contributed by atoms with Crippen LogP contribution in [0.25, 0.3) is 0 Å². The summed E-state index contributed by atoms with van der Waals surface area (Å²) in [6.07, 6.45) is 4.67. The molecular formula is C24H32ClNO2S2. The molecule has 0 saturated carbocycles. The monoisotopic (exact) mass is 465 g/mol. The minimum atomic E-state index is 0.174. The first-order chi connectivity index (χ1) is 14.6. The number of hydrogen-bond donors (Lipinski definition) is 0. The summed E-state index contributed by atoms with van der Waals surface area (Å²) in [7, 11) is 5.58. The summed E-state index contributed by atoms with van der Waals surface area (Å²) in [6.45, 7) is 2.13. The second-order valence-electron chi connectivity index (χ2n) is 7.66. The number of benzene rings is 2. The van der Waals surface area contributed by atoms with Crippen molar-refractivity contribution in [2.45, 2.75) is 29.8 Å². The van der Waals surface area contributed by atoms with Crippen molar-refractivity contribution in [2.24, 2.45) is 0 Å². The molecular weight excluding hydrogens is 434 g/mol. The average Bonchev–Trinajstić information content (AvgIpc) is 2.78. The number of hydrogen-bond acceptors (Lipinski definition) is 5. The number of nitrogens with zero attached hydrogens (tertiary/aromatic N) is 1. The maximum Gasteiger partial charge on any atom is 0.160 e. The fourth-order valence-electron chi connectivity index (χ4n) is 3.78. The lowest BCUT2D eigenvalue weighted by atomic mass is 10.1. The summed E-state index contributed by atoms with van der Waals surface area (Å²) in [6, 6.07) is 14.7. The van der Waals surface area contributed by atoms with Gasteiger partial charge in [-0.1, -0.05) is 29.8 Å². The van der Waals surface area contributed by atoms with Crippen LogP contribution in [0.2, 0.25) is 5.02 Å². The molecule has 1 aliphatic heterocycles. The zero-order valence-corrected chi connectivity index (χ0v) is 20.5. The van der Waals surface area contributed by atoms with Crippen LogP contribution in [-0.4, -0.2) is 50.8 Å². The molecule has 0 aromatic heterocycles. The van der Waals surface area contributed by atoms with E-state index in [1.54, 1.807) is 14.2 Å². The highest BCUT2D eigenvalue weighted by Gasteiger charge is 2.35. The first-order valence-electron chi connectivity index (χ1n) is 10.5. The minimum Gasteiger partial charge on any atom is -0.493 e. The Labute approximate surface area is 194 Å². The van der Waals surface area contributed by atoms with Gasteiger partial charge in [0.25, 0.3) is 0 Å². The second-order valence-corrected chi connectivity index (χ2v) is 11.1. The molecule has 0 aliphatic carbocycles. The van der Waals surface area contributed by atoms with Gasteiger partial charge in [0.05, 0.1) is 18.3 Å². The van der Waals surface area contributed by atoms with Crippen molar-refractivity contribution in [3.8, 4) is 11.5 Å². The van der Waals surface area contributed by atoms with Crippen LogP contribution in [0.4, 0.5) is 0 Å². The number of likely N-dealkylation sites (N-methyl/N-ethyl adjacent to an activating group) is 1. The Kier molecular flexibility index (Phi) is 9.12. The Bertz CT molecular complexity index is 794. The predicted octanol–water partition coefficient (Wildman–Crippen LogP) is 6.33. The van der Waals surface area contributed by atoms with Crippen molar-refractivity contribution in [3.05, 3.63) is 58.6 Å². The highest BCUT2D eigenvalue weighted by Crippen LogP contribution is 2.53. The van der Waals surface area contributed by atoms with Crippen LogP contribution in [0.3, 0.4) is 0 Å². The van der Waals surface area contributed by atoms with Crippen molar-refractivity contribution in [1.82, 2.24) is 4.90 Å². The molecule has 0 spiro atoms. The van der Waals surface area contributed by atoms with E-state index >= 15 is 0 Å². The molecule has 6 heteroatoms. The van der Waals surface area contributed by atoms with E-state index in [0.29, 0.717) is 0 Å². The number of methoxy groups -OCH3 is 2. The average molecular weight is 466 g/mol. The van der Waals surface area contributed by atoms with Gasteiger partial charge < -0.3 is 14.4 Å². The van der Waals surface area contributed by atoms with Crippen LogP contribution < -0.4 is 9.47 Å². The van der Waals surface area contributed by atoms with Gasteiger partial charge in [0.1, 0.15) is 0 Å². The van der Waals surface area contributed by atoms with E-state index in [2.05, 4.69) is 59.7 Å². The minimum absolute atomic E-state index is 0.174. The molecule has 3 rings (SSSR count). The quantitative estimate of drug-likeness (QED) is 0.407. The van der Waals surface area contributed by atoms with E-state index in [9.17, 15) is 0 Å². The molecule has 0 radical (unpaired) electrons. The molecule has 0 unspecified atom stereocenters. The molecule has 164 valence electrons. The number of halogens is 1. The maximum absolute atomic E-state index is 6.13. The lowest BCUT2D eigenvalue weighted by Crippen LogP contribution is -2.27. The molecule has 0 N–H and O–H groups in total. The standard InChI is InChI=1S/C24H32ClNO2S2/c1-26(15-12-19-6-11-22(27-2)23(18-19)28-3)14-4-13-24(29-16-5-17-30-24)20-7-9-21(25)10-8-20/h6-11,18H,4-5,12-17H2,1-3H3. The van der Waals surface area contributed by atoms with Crippen molar-refractivity contribution in [3.63, 3.8) is 0 Å². The molecule has 3 nitrogen and oxygen atoms in total. The first kappa shape index (κ1) is 23.6. The van der Waals surface area contributed by atoms with Crippen molar-refractivity contribution in [1.29, 1.82) is 0 Å². The smallest absolute Gasteiger partial charge is 0.160 e. The molecule has 0 atom stereocenters. The van der Waals surface area contributed by atoms with Gasteiger partial charge in [-0.25, -0.2) is 0 Å². The maximum atomic E-state index is 6.13. The molecule has 0 amide bonds. The van der Waals surface area contributed by atoms with Crippen LogP contribution in [0.5, 0.6) is 11.5 Å². The van der Waals surface area contributed by atoms with Gasteiger partial charge in [0, 0.05) is 11.6 Å². The third-order valence-electron chi connectivity index (χ3n) is 5.52. The fraction of sp³-hybridized carbons (Fsp3) is 0.500. The third-order valence-corrected chi connectivity index (χ3v) is 9.28. The topological polar surface area (TPSA) is 21.7 Å². The molecule has 2 aromatic rings. The highest BCUT2D eigenvalue weighted by molar-refractivity contribution is 8.18. The van der Waals surface area contributed by atoms with E-state index < -0.39 is 0 Å². The Morgan fingerprint density at radius 1 is 0.967 bits per heavy atom. The van der Waals surface area contributed by atoms with E-state index in [0.717, 1.165) is 36.0 Å². The van der Waals surface area contributed by atoms with E-state index in [4.69, 9.17) is 21.1 Å². The van der Waals surface area contributed by atoms with Gasteiger partial charge in [-0.15, -0.1) is 23.5 Å². The Morgan fingerprint density at radius 2 is 1.67 bits per heavy atom. The summed E-state index contributed by atoms with van der Waals surface area (Å²) in [5, 5.41) is 0.814. The first-order valence-corrected chi connectivity index (χ1v) is 12.8. The van der Waals surface area contributed by atoms with Crippen LogP contribution in [0.15, 0.2) is 42.5 Å². The largest absolute Gasteiger partial charge is 0.493 e. The zero-order valence-electron chi connectivity index (χ0n) is 18.2. The molecule has 0 bridgehead atoms. The summed E-state index contributed by atoms with van der Waals surface area (Å²) < 4.78 is 10.9. The van der Waals surface area contributed by atoms with E-state index in [1.165, 1.54) is 41.9 Å². The van der Waals surface area contributed by atoms with Crippen molar-refractivity contribution >= 4 is 35.1 Å². The lowest BCUT2D eigenvalue weighted by molar-refractivity contribution is 0.327. The normalized spacial score (nSPS) is 15.9. The molecule has 2 aromatic carbocycles. The van der Waals surface area contributed by atoms with E-state index in [1.807, 2.05) is 18.2 Å². The lowest BCUT2D eigenvalue weighted by Gasteiger charge is -2.37. The van der Waals surface area contributed by atoms with Gasteiger partial charge in [0.2, 0.25) is 0 Å². The molecule has 1 fully saturated rings. The number of thioether (sulfide) groups is 2. The number of ether oxygens (including phenoxy) is 2. The zero-order chi connectivity index (χ0) is 21.4.